The zero-order chi connectivity index (χ0) is 17.5. The van der Waals surface area contributed by atoms with Crippen LogP contribution in [-0.2, 0) is 20.8 Å². The molecule has 0 aliphatic rings. The highest BCUT2D eigenvalue weighted by Crippen LogP contribution is 2.26. The first-order chi connectivity index (χ1) is 11.4. The summed E-state index contributed by atoms with van der Waals surface area (Å²) in [6.45, 7) is -0.763. The summed E-state index contributed by atoms with van der Waals surface area (Å²) >= 11 is 7.33. The molecule has 126 valence electrons. The quantitative estimate of drug-likeness (QED) is 0.684. The fourth-order valence-corrected chi connectivity index (χ4v) is 2.79. The van der Waals surface area contributed by atoms with E-state index in [9.17, 15) is 14.4 Å². The van der Waals surface area contributed by atoms with Crippen LogP contribution in [0.1, 0.15) is 5.69 Å². The van der Waals surface area contributed by atoms with E-state index < -0.39 is 18.4 Å². The molecule has 0 fully saturated rings. The Morgan fingerprint density at radius 2 is 1.92 bits per heavy atom. The zero-order valence-corrected chi connectivity index (χ0v) is 14.0. The maximum absolute atomic E-state index is 11.8. The van der Waals surface area contributed by atoms with Gasteiger partial charge in [0.05, 0.1) is 18.7 Å². The van der Waals surface area contributed by atoms with Gasteiger partial charge in [-0.2, -0.15) is 0 Å². The lowest BCUT2D eigenvalue weighted by atomic mass is 10.2. The molecule has 3 N–H and O–H groups in total. The van der Waals surface area contributed by atoms with Gasteiger partial charge in [-0.3, -0.25) is 14.4 Å². The van der Waals surface area contributed by atoms with Crippen LogP contribution in [0.4, 0.5) is 0 Å². The molecule has 0 spiro atoms. The first-order valence-corrected chi connectivity index (χ1v) is 8.15. The number of nitrogens with zero attached hydrogens (tertiary/aromatic N) is 1. The average molecular weight is 368 g/mol. The summed E-state index contributed by atoms with van der Waals surface area (Å²) in [5.74, 6) is -2.09. The maximum Gasteiger partial charge on any atom is 0.322 e. The highest BCUT2D eigenvalue weighted by molar-refractivity contribution is 7.13. The molecule has 0 unspecified atom stereocenters. The molecule has 2 amide bonds. The van der Waals surface area contributed by atoms with E-state index in [0.717, 1.165) is 10.6 Å². The van der Waals surface area contributed by atoms with Crippen LogP contribution in [0.25, 0.3) is 10.6 Å². The topological polar surface area (TPSA) is 108 Å². The van der Waals surface area contributed by atoms with Crippen LogP contribution in [0.2, 0.25) is 5.02 Å². The summed E-state index contributed by atoms with van der Waals surface area (Å²) in [5, 5.41) is 16.1. The number of aromatic nitrogens is 1. The molecule has 9 heteroatoms. The summed E-state index contributed by atoms with van der Waals surface area (Å²) in [4.78, 5) is 37.8. The molecule has 0 radical (unpaired) electrons. The van der Waals surface area contributed by atoms with Crippen molar-refractivity contribution in [2.24, 2.45) is 0 Å². The fraction of sp³-hybridized carbons (Fsp3) is 0.200. The van der Waals surface area contributed by atoms with Crippen LogP contribution >= 0.6 is 22.9 Å². The Hall–Kier alpha value is -2.45. The number of hydrogen-bond acceptors (Lipinski definition) is 5. The average Bonchev–Trinajstić information content (AvgIpc) is 2.99. The number of nitrogens with one attached hydrogen (secondary N) is 2. The standard InChI is InChI=1S/C15H14ClN3O4S/c16-10-3-1-2-9(4-10)15-19-11(8-24-15)5-12(20)17-6-13(21)18-7-14(22)23/h1-4,8H,5-7H2,(H,17,20)(H,18,21)(H,22,23). The van der Waals surface area contributed by atoms with E-state index in [-0.39, 0.29) is 18.9 Å². The minimum Gasteiger partial charge on any atom is -0.480 e. The van der Waals surface area contributed by atoms with E-state index in [4.69, 9.17) is 16.7 Å². The predicted molar refractivity (Wildman–Crippen MR) is 89.9 cm³/mol. The summed E-state index contributed by atoms with van der Waals surface area (Å²) < 4.78 is 0. The van der Waals surface area contributed by atoms with Crippen molar-refractivity contribution >= 4 is 40.7 Å². The van der Waals surface area contributed by atoms with Crippen molar-refractivity contribution in [3.63, 3.8) is 0 Å². The molecular weight excluding hydrogens is 354 g/mol. The van der Waals surface area contributed by atoms with E-state index >= 15 is 0 Å². The van der Waals surface area contributed by atoms with Crippen LogP contribution < -0.4 is 10.6 Å². The maximum atomic E-state index is 11.8. The predicted octanol–water partition coefficient (Wildman–Crippen LogP) is 1.32. The number of carboxylic acid groups (broad SMARTS) is 1. The third-order valence-electron chi connectivity index (χ3n) is 2.85. The molecule has 0 bridgehead atoms. The van der Waals surface area contributed by atoms with Gasteiger partial charge in [-0.15, -0.1) is 11.3 Å². The monoisotopic (exact) mass is 367 g/mol. The van der Waals surface area contributed by atoms with Gasteiger partial charge in [-0.05, 0) is 12.1 Å². The Bertz CT molecular complexity index is 763. The molecule has 1 aromatic heterocycles. The van der Waals surface area contributed by atoms with Crippen LogP contribution in [0.5, 0.6) is 0 Å². The molecule has 24 heavy (non-hydrogen) atoms. The van der Waals surface area contributed by atoms with Crippen LogP contribution in [0.3, 0.4) is 0 Å². The minimum absolute atomic E-state index is 0.0310. The number of amides is 2. The van der Waals surface area contributed by atoms with Gasteiger partial charge in [-0.25, -0.2) is 4.98 Å². The molecule has 2 aromatic rings. The van der Waals surface area contributed by atoms with Gasteiger partial charge >= 0.3 is 5.97 Å². The summed E-state index contributed by atoms with van der Waals surface area (Å²) in [5.41, 5.74) is 1.45. The second-order valence-electron chi connectivity index (χ2n) is 4.78. The van der Waals surface area contributed by atoms with Gasteiger partial charge in [0.25, 0.3) is 0 Å². The van der Waals surface area contributed by atoms with Crippen molar-refractivity contribution < 1.29 is 19.5 Å². The van der Waals surface area contributed by atoms with Crippen LogP contribution in [0, 0.1) is 0 Å². The minimum atomic E-state index is -1.15. The van der Waals surface area contributed by atoms with Crippen molar-refractivity contribution in [3.05, 3.63) is 40.4 Å². The number of halogens is 1. The molecule has 2 rings (SSSR count). The Morgan fingerprint density at radius 1 is 1.17 bits per heavy atom. The number of rotatable bonds is 7. The SMILES string of the molecule is O=C(O)CNC(=O)CNC(=O)Cc1csc(-c2cccc(Cl)c2)n1. The first kappa shape index (κ1) is 17.9. The largest absolute Gasteiger partial charge is 0.480 e. The van der Waals surface area contributed by atoms with Gasteiger partial charge in [0.1, 0.15) is 11.6 Å². The van der Waals surface area contributed by atoms with Crippen LogP contribution in [0.15, 0.2) is 29.6 Å². The number of carboxylic acids is 1. The Labute approximate surface area is 146 Å². The highest BCUT2D eigenvalue weighted by Gasteiger charge is 2.11. The Kier molecular flexibility index (Phi) is 6.28. The Morgan fingerprint density at radius 3 is 2.62 bits per heavy atom. The molecule has 1 heterocycles. The number of aliphatic carboxylic acids is 1. The summed E-state index contributed by atoms with van der Waals surface area (Å²) in [7, 11) is 0. The second-order valence-corrected chi connectivity index (χ2v) is 6.07. The Balaban J connectivity index is 1.84. The highest BCUT2D eigenvalue weighted by atomic mass is 35.5. The molecule has 1 aromatic carbocycles. The summed E-state index contributed by atoms with van der Waals surface area (Å²) in [6, 6.07) is 7.25. The van der Waals surface area contributed by atoms with Crippen molar-refractivity contribution in [2.45, 2.75) is 6.42 Å². The van der Waals surface area contributed by atoms with Crippen molar-refractivity contribution in [1.29, 1.82) is 0 Å². The number of benzene rings is 1. The molecule has 0 atom stereocenters. The number of carbonyl (C=O) groups is 3. The molecule has 7 nitrogen and oxygen atoms in total. The number of hydrogen-bond donors (Lipinski definition) is 3. The second kappa shape index (κ2) is 8.42. The van der Waals surface area contributed by atoms with E-state index in [1.807, 2.05) is 12.1 Å². The van der Waals surface area contributed by atoms with Crippen molar-refractivity contribution in [2.75, 3.05) is 13.1 Å². The van der Waals surface area contributed by atoms with Gasteiger partial charge in [0, 0.05) is 16.0 Å². The lowest BCUT2D eigenvalue weighted by molar-refractivity contribution is -0.137. The van der Waals surface area contributed by atoms with Crippen LogP contribution in [-0.4, -0.2) is 41.0 Å². The van der Waals surface area contributed by atoms with E-state index in [2.05, 4.69) is 15.6 Å². The third-order valence-corrected chi connectivity index (χ3v) is 4.02. The normalized spacial score (nSPS) is 10.2. The van der Waals surface area contributed by atoms with Gasteiger partial charge in [0.2, 0.25) is 11.8 Å². The van der Waals surface area contributed by atoms with Gasteiger partial charge < -0.3 is 15.7 Å². The van der Waals surface area contributed by atoms with E-state index in [0.29, 0.717) is 10.7 Å². The lowest BCUT2D eigenvalue weighted by Gasteiger charge is -2.04. The molecule has 0 saturated carbocycles. The summed E-state index contributed by atoms with van der Waals surface area (Å²) in [6.07, 6.45) is 0.0310. The smallest absolute Gasteiger partial charge is 0.322 e. The van der Waals surface area contributed by atoms with Gasteiger partial charge in [0.15, 0.2) is 0 Å². The molecule has 0 saturated heterocycles. The third kappa shape index (κ3) is 5.64. The van der Waals surface area contributed by atoms with Crippen molar-refractivity contribution in [3.8, 4) is 10.6 Å². The number of thiazole rings is 1. The van der Waals surface area contributed by atoms with Crippen molar-refractivity contribution in [1.82, 2.24) is 15.6 Å². The molecular formula is C15H14ClN3O4S. The molecule has 0 aliphatic carbocycles. The first-order valence-electron chi connectivity index (χ1n) is 6.89. The fourth-order valence-electron chi connectivity index (χ4n) is 1.78. The number of carbonyl (C=O) groups excluding carboxylic acids is 2. The van der Waals surface area contributed by atoms with Gasteiger partial charge in [-0.1, -0.05) is 23.7 Å². The molecule has 0 aliphatic heterocycles. The van der Waals surface area contributed by atoms with E-state index in [1.54, 1.807) is 17.5 Å². The van der Waals surface area contributed by atoms with E-state index in [1.165, 1.54) is 11.3 Å². The zero-order valence-electron chi connectivity index (χ0n) is 12.4. The lowest BCUT2D eigenvalue weighted by Crippen LogP contribution is -2.39.